The van der Waals surface area contributed by atoms with Gasteiger partial charge in [-0.25, -0.2) is 4.98 Å². The Morgan fingerprint density at radius 2 is 1.78 bits per heavy atom. The smallest absolute Gasteiger partial charge is 0.416 e. The molecule has 37 heavy (non-hydrogen) atoms. The number of oxazole rings is 1. The number of benzene rings is 2. The largest absolute Gasteiger partial charge is 0.445 e. The number of ether oxygens (including phenoxy) is 1. The molecule has 1 fully saturated rings. The molecule has 0 unspecified atom stereocenters. The molecule has 1 saturated heterocycles. The summed E-state index contributed by atoms with van der Waals surface area (Å²) in [6, 6.07) is 13.1. The van der Waals surface area contributed by atoms with Crippen molar-refractivity contribution < 1.29 is 22.3 Å². The molecule has 0 radical (unpaired) electrons. The summed E-state index contributed by atoms with van der Waals surface area (Å²) in [7, 11) is 1.95. The highest BCUT2D eigenvalue weighted by Gasteiger charge is 2.30. The summed E-state index contributed by atoms with van der Waals surface area (Å²) >= 11 is 1.65. The molecular weight excluding hydrogens is 503 g/mol. The van der Waals surface area contributed by atoms with Crippen LogP contribution in [0.2, 0.25) is 0 Å². The lowest BCUT2D eigenvalue weighted by atomic mass is 10.1. The van der Waals surface area contributed by atoms with Crippen LogP contribution in [0.25, 0.3) is 22.8 Å². The van der Waals surface area contributed by atoms with Gasteiger partial charge in [-0.05, 0) is 42.8 Å². The van der Waals surface area contributed by atoms with E-state index in [1.165, 1.54) is 12.1 Å². The zero-order chi connectivity index (χ0) is 25.8. The summed E-state index contributed by atoms with van der Waals surface area (Å²) in [5.41, 5.74) is 1.98. The number of thioether (sulfide) groups is 1. The van der Waals surface area contributed by atoms with Crippen LogP contribution >= 0.6 is 11.8 Å². The first-order valence-corrected chi connectivity index (χ1v) is 12.9. The summed E-state index contributed by atoms with van der Waals surface area (Å²) in [6.07, 6.45) is -0.447. The van der Waals surface area contributed by atoms with Crippen molar-refractivity contribution >= 4 is 11.8 Å². The van der Waals surface area contributed by atoms with Crippen LogP contribution in [0.3, 0.4) is 0 Å². The fraction of sp³-hybridized carbons (Fsp3) is 0.346. The molecule has 1 aliphatic heterocycles. The van der Waals surface area contributed by atoms with Crippen LogP contribution in [-0.2, 0) is 18.0 Å². The van der Waals surface area contributed by atoms with Crippen molar-refractivity contribution in [3.8, 4) is 22.8 Å². The number of halogens is 3. The Bertz CT molecular complexity index is 1290. The SMILES string of the molecule is Cn1c(SCCCN2CCO[C@@H](c3ccc(C(F)(F)F)cc3)C2)nnc1-c1ccc(-c2ncco2)cc1. The summed E-state index contributed by atoms with van der Waals surface area (Å²) in [5.74, 6) is 2.23. The molecule has 0 saturated carbocycles. The number of hydrogen-bond donors (Lipinski definition) is 0. The summed E-state index contributed by atoms with van der Waals surface area (Å²) in [4.78, 5) is 6.46. The van der Waals surface area contributed by atoms with Gasteiger partial charge >= 0.3 is 6.18 Å². The first kappa shape index (κ1) is 25.5. The Hall–Kier alpha value is -3.15. The standard InChI is InChI=1S/C26H26F3N5O2S/c1-33-23(19-3-5-20(6-4-19)24-30-11-14-36-24)31-32-25(33)37-16-2-12-34-13-15-35-22(17-34)18-7-9-21(10-8-18)26(27,28)29/h3-11,14,22H,2,12-13,15-17H2,1H3/t22-/m1/s1. The average Bonchev–Trinajstić information content (AvgIpc) is 3.57. The predicted molar refractivity (Wildman–Crippen MR) is 134 cm³/mol. The van der Waals surface area contributed by atoms with Crippen molar-refractivity contribution in [3.63, 3.8) is 0 Å². The van der Waals surface area contributed by atoms with E-state index >= 15 is 0 Å². The van der Waals surface area contributed by atoms with Crippen molar-refractivity contribution in [1.29, 1.82) is 0 Å². The highest BCUT2D eigenvalue weighted by atomic mass is 32.2. The quantitative estimate of drug-likeness (QED) is 0.214. The lowest BCUT2D eigenvalue weighted by Gasteiger charge is -2.33. The molecule has 194 valence electrons. The predicted octanol–water partition coefficient (Wildman–Crippen LogP) is 5.71. The number of nitrogens with zero attached hydrogens (tertiary/aromatic N) is 5. The minimum atomic E-state index is -4.33. The van der Waals surface area contributed by atoms with E-state index in [2.05, 4.69) is 20.1 Å². The number of rotatable bonds is 8. The van der Waals surface area contributed by atoms with Crippen molar-refractivity contribution in [3.05, 3.63) is 72.1 Å². The molecule has 2 aromatic heterocycles. The van der Waals surface area contributed by atoms with Crippen molar-refractivity contribution in [2.75, 3.05) is 32.0 Å². The number of hydrogen-bond acceptors (Lipinski definition) is 7. The second-order valence-corrected chi connectivity index (χ2v) is 9.82. The Balaban J connectivity index is 1.11. The third-order valence-electron chi connectivity index (χ3n) is 6.27. The molecule has 2 aromatic carbocycles. The van der Waals surface area contributed by atoms with E-state index < -0.39 is 11.7 Å². The molecule has 0 N–H and O–H groups in total. The van der Waals surface area contributed by atoms with E-state index in [9.17, 15) is 13.2 Å². The first-order chi connectivity index (χ1) is 17.9. The van der Waals surface area contributed by atoms with E-state index in [1.807, 2.05) is 35.9 Å². The van der Waals surface area contributed by atoms with Crippen molar-refractivity contribution in [1.82, 2.24) is 24.6 Å². The van der Waals surface area contributed by atoms with Gasteiger partial charge in [0.25, 0.3) is 0 Å². The Morgan fingerprint density at radius 1 is 1.03 bits per heavy atom. The number of aromatic nitrogens is 4. The second kappa shape index (κ2) is 11.1. The Kier molecular flexibility index (Phi) is 7.63. The van der Waals surface area contributed by atoms with Crippen LogP contribution in [0.1, 0.15) is 23.7 Å². The molecule has 0 bridgehead atoms. The zero-order valence-corrected chi connectivity index (χ0v) is 21.0. The van der Waals surface area contributed by atoms with E-state index in [4.69, 9.17) is 9.15 Å². The summed E-state index contributed by atoms with van der Waals surface area (Å²) in [6.45, 7) is 2.90. The third kappa shape index (κ3) is 6.06. The van der Waals surface area contributed by atoms with Crippen LogP contribution in [0, 0.1) is 0 Å². The van der Waals surface area contributed by atoms with Gasteiger partial charge in [0.05, 0.1) is 24.5 Å². The minimum absolute atomic E-state index is 0.222. The van der Waals surface area contributed by atoms with Crippen LogP contribution in [-0.4, -0.2) is 56.6 Å². The van der Waals surface area contributed by atoms with Gasteiger partial charge in [-0.15, -0.1) is 10.2 Å². The van der Waals surface area contributed by atoms with Gasteiger partial charge in [-0.1, -0.05) is 36.0 Å². The molecule has 0 aliphatic carbocycles. The van der Waals surface area contributed by atoms with E-state index in [0.717, 1.165) is 65.1 Å². The fourth-order valence-electron chi connectivity index (χ4n) is 4.27. The summed E-state index contributed by atoms with van der Waals surface area (Å²) < 4.78 is 51.7. The van der Waals surface area contributed by atoms with Gasteiger partial charge in [0.1, 0.15) is 6.26 Å². The maximum Gasteiger partial charge on any atom is 0.416 e. The topological polar surface area (TPSA) is 69.2 Å². The van der Waals surface area contributed by atoms with Crippen molar-refractivity contribution in [2.45, 2.75) is 23.9 Å². The van der Waals surface area contributed by atoms with E-state index in [-0.39, 0.29) is 6.10 Å². The van der Waals surface area contributed by atoms with E-state index in [1.54, 1.807) is 24.2 Å². The van der Waals surface area contributed by atoms with Crippen LogP contribution in [0.15, 0.2) is 70.6 Å². The molecule has 5 rings (SSSR count). The zero-order valence-electron chi connectivity index (χ0n) is 20.2. The van der Waals surface area contributed by atoms with Crippen LogP contribution in [0.4, 0.5) is 13.2 Å². The molecule has 1 aliphatic rings. The molecule has 0 spiro atoms. The normalized spacial score (nSPS) is 16.8. The number of alkyl halides is 3. The van der Waals surface area contributed by atoms with Crippen LogP contribution < -0.4 is 0 Å². The first-order valence-electron chi connectivity index (χ1n) is 11.9. The second-order valence-electron chi connectivity index (χ2n) is 8.76. The maximum atomic E-state index is 12.8. The lowest BCUT2D eigenvalue weighted by Crippen LogP contribution is -2.39. The highest BCUT2D eigenvalue weighted by molar-refractivity contribution is 7.99. The van der Waals surface area contributed by atoms with Crippen molar-refractivity contribution in [2.24, 2.45) is 7.05 Å². The average molecular weight is 530 g/mol. The third-order valence-corrected chi connectivity index (χ3v) is 7.37. The monoisotopic (exact) mass is 529 g/mol. The van der Waals surface area contributed by atoms with E-state index in [0.29, 0.717) is 19.0 Å². The van der Waals surface area contributed by atoms with Gasteiger partial charge in [-0.2, -0.15) is 13.2 Å². The van der Waals surface area contributed by atoms with Gasteiger partial charge in [0, 0.05) is 37.0 Å². The molecule has 11 heteroatoms. The van der Waals surface area contributed by atoms with Crippen LogP contribution in [0.5, 0.6) is 0 Å². The molecule has 3 heterocycles. The molecule has 4 aromatic rings. The Labute approximate surface area is 216 Å². The van der Waals surface area contributed by atoms with Gasteiger partial charge < -0.3 is 13.7 Å². The van der Waals surface area contributed by atoms with Gasteiger partial charge in [0.15, 0.2) is 11.0 Å². The molecule has 0 amide bonds. The molecule has 1 atom stereocenters. The minimum Gasteiger partial charge on any atom is -0.445 e. The highest BCUT2D eigenvalue weighted by Crippen LogP contribution is 2.31. The molecule has 7 nitrogen and oxygen atoms in total. The summed E-state index contributed by atoms with van der Waals surface area (Å²) in [5, 5.41) is 9.57. The molecular formula is C26H26F3N5O2S. The maximum absolute atomic E-state index is 12.8. The fourth-order valence-corrected chi connectivity index (χ4v) is 5.10. The lowest BCUT2D eigenvalue weighted by molar-refractivity contribution is -0.137. The number of morpholine rings is 1. The van der Waals surface area contributed by atoms with Gasteiger partial charge in [0.2, 0.25) is 5.89 Å². The Morgan fingerprint density at radius 3 is 2.49 bits per heavy atom. The van der Waals surface area contributed by atoms with Gasteiger partial charge in [-0.3, -0.25) is 4.90 Å².